The predicted octanol–water partition coefficient (Wildman–Crippen LogP) is 4.11. The number of allylic oxidation sites excluding steroid dienone is 2. The SMILES string of the molecule is CCC1(OC(=O)C2OC2C2CC3C=CC2C3)CC2CC1C1CCCC21. The first-order valence-electron chi connectivity index (χ1n) is 10.7. The summed E-state index contributed by atoms with van der Waals surface area (Å²) in [7, 11) is 0. The normalized spacial score (nSPS) is 57.2. The minimum Gasteiger partial charge on any atom is -0.457 e. The molecule has 3 heteroatoms. The van der Waals surface area contributed by atoms with Crippen LogP contribution in [-0.4, -0.2) is 23.8 Å². The molecule has 5 fully saturated rings. The maximum Gasteiger partial charge on any atom is 0.338 e. The zero-order valence-electron chi connectivity index (χ0n) is 15.2. The molecule has 0 spiro atoms. The summed E-state index contributed by atoms with van der Waals surface area (Å²) in [6, 6.07) is 0. The molecule has 6 rings (SSSR count). The molecule has 1 heterocycles. The summed E-state index contributed by atoms with van der Waals surface area (Å²) in [5, 5.41) is 0. The lowest BCUT2D eigenvalue weighted by molar-refractivity contribution is -0.171. The van der Waals surface area contributed by atoms with Gasteiger partial charge in [0.25, 0.3) is 0 Å². The van der Waals surface area contributed by atoms with E-state index >= 15 is 0 Å². The summed E-state index contributed by atoms with van der Waals surface area (Å²) < 4.78 is 12.2. The van der Waals surface area contributed by atoms with E-state index in [0.717, 1.165) is 36.5 Å². The molecule has 3 nitrogen and oxygen atoms in total. The Hall–Kier alpha value is -0.830. The molecule has 1 aliphatic heterocycles. The van der Waals surface area contributed by atoms with Gasteiger partial charge in [0, 0.05) is 5.92 Å². The molecule has 0 aromatic rings. The molecular formula is C22H30O3. The molecule has 0 aromatic heterocycles. The molecule has 136 valence electrons. The Labute approximate surface area is 150 Å². The zero-order valence-corrected chi connectivity index (χ0v) is 15.2. The summed E-state index contributed by atoms with van der Waals surface area (Å²) in [5.41, 5.74) is -0.168. The Bertz CT molecular complexity index is 627. The van der Waals surface area contributed by atoms with E-state index < -0.39 is 0 Å². The van der Waals surface area contributed by atoms with Gasteiger partial charge in [-0.3, -0.25) is 0 Å². The van der Waals surface area contributed by atoms with Crippen molar-refractivity contribution >= 4 is 5.97 Å². The van der Waals surface area contributed by atoms with Crippen LogP contribution in [0.5, 0.6) is 0 Å². The van der Waals surface area contributed by atoms with E-state index in [0.29, 0.717) is 17.8 Å². The molecule has 0 radical (unpaired) electrons. The lowest BCUT2D eigenvalue weighted by Gasteiger charge is -2.41. The van der Waals surface area contributed by atoms with Gasteiger partial charge in [-0.15, -0.1) is 0 Å². The molecule has 6 aliphatic rings. The van der Waals surface area contributed by atoms with E-state index in [1.807, 2.05) is 0 Å². The Morgan fingerprint density at radius 1 is 1.16 bits per heavy atom. The molecule has 0 amide bonds. The van der Waals surface area contributed by atoms with Gasteiger partial charge in [0.2, 0.25) is 0 Å². The first-order valence-corrected chi connectivity index (χ1v) is 10.7. The molecule has 4 bridgehead atoms. The van der Waals surface area contributed by atoms with Gasteiger partial charge in [0.1, 0.15) is 5.60 Å². The first-order chi connectivity index (χ1) is 12.2. The quantitative estimate of drug-likeness (QED) is 0.438. The molecule has 4 saturated carbocycles. The second kappa shape index (κ2) is 5.12. The Kier molecular flexibility index (Phi) is 3.12. The highest BCUT2D eigenvalue weighted by Crippen LogP contribution is 2.64. The van der Waals surface area contributed by atoms with Gasteiger partial charge in [-0.1, -0.05) is 25.5 Å². The van der Waals surface area contributed by atoms with Crippen molar-refractivity contribution in [1.82, 2.24) is 0 Å². The van der Waals surface area contributed by atoms with Gasteiger partial charge < -0.3 is 9.47 Å². The average Bonchev–Trinajstić information content (AvgIpc) is 3.14. The first kappa shape index (κ1) is 15.2. The second-order valence-corrected chi connectivity index (χ2v) is 9.87. The van der Waals surface area contributed by atoms with Crippen LogP contribution < -0.4 is 0 Å². The van der Waals surface area contributed by atoms with Crippen LogP contribution in [0.2, 0.25) is 0 Å². The van der Waals surface area contributed by atoms with E-state index in [1.54, 1.807) is 0 Å². The van der Waals surface area contributed by atoms with Crippen LogP contribution >= 0.6 is 0 Å². The van der Waals surface area contributed by atoms with Crippen molar-refractivity contribution in [3.05, 3.63) is 12.2 Å². The minimum atomic E-state index is -0.264. The van der Waals surface area contributed by atoms with E-state index in [2.05, 4.69) is 19.1 Å². The third kappa shape index (κ3) is 2.05. The van der Waals surface area contributed by atoms with Crippen molar-refractivity contribution in [1.29, 1.82) is 0 Å². The predicted molar refractivity (Wildman–Crippen MR) is 93.7 cm³/mol. The Morgan fingerprint density at radius 3 is 2.80 bits per heavy atom. The molecular weight excluding hydrogens is 312 g/mol. The van der Waals surface area contributed by atoms with Crippen LogP contribution in [0.15, 0.2) is 12.2 Å². The van der Waals surface area contributed by atoms with Crippen LogP contribution in [0.4, 0.5) is 0 Å². The standard InChI is InChI=1S/C22H30O3/c1-2-22(11-14-10-18(22)16-5-3-4-15(14)16)25-21(23)20-19(24-20)17-9-12-6-7-13(17)8-12/h6-7,12-20H,2-5,8-11H2,1H3. The van der Waals surface area contributed by atoms with Crippen molar-refractivity contribution in [3.63, 3.8) is 0 Å². The van der Waals surface area contributed by atoms with Gasteiger partial charge in [-0.25, -0.2) is 4.79 Å². The summed E-state index contributed by atoms with van der Waals surface area (Å²) in [6.45, 7) is 2.23. The fraction of sp³-hybridized carbons (Fsp3) is 0.864. The maximum absolute atomic E-state index is 12.9. The number of esters is 1. The smallest absolute Gasteiger partial charge is 0.338 e. The van der Waals surface area contributed by atoms with Gasteiger partial charge in [-0.05, 0) is 80.5 Å². The number of rotatable bonds is 4. The number of carbonyl (C=O) groups is 1. The van der Waals surface area contributed by atoms with Crippen molar-refractivity contribution in [2.45, 2.75) is 76.1 Å². The number of epoxide rings is 1. The maximum atomic E-state index is 12.9. The summed E-state index contributed by atoms with van der Waals surface area (Å²) in [4.78, 5) is 12.9. The van der Waals surface area contributed by atoms with Crippen LogP contribution in [0.3, 0.4) is 0 Å². The molecule has 10 unspecified atom stereocenters. The second-order valence-electron chi connectivity index (χ2n) is 9.87. The number of hydrogen-bond donors (Lipinski definition) is 0. The van der Waals surface area contributed by atoms with Crippen molar-refractivity contribution in [3.8, 4) is 0 Å². The summed E-state index contributed by atoms with van der Waals surface area (Å²) in [6.07, 6.45) is 14.7. The highest BCUT2D eigenvalue weighted by atomic mass is 16.6. The van der Waals surface area contributed by atoms with Gasteiger partial charge in [0.05, 0.1) is 6.10 Å². The van der Waals surface area contributed by atoms with Crippen LogP contribution in [0.1, 0.15) is 58.3 Å². The number of hydrogen-bond acceptors (Lipinski definition) is 3. The van der Waals surface area contributed by atoms with E-state index in [1.165, 1.54) is 38.5 Å². The topological polar surface area (TPSA) is 38.8 Å². The third-order valence-corrected chi connectivity index (χ3v) is 9.00. The minimum absolute atomic E-state index is 0.0410. The highest BCUT2D eigenvalue weighted by molar-refractivity contribution is 5.78. The molecule has 0 aromatic carbocycles. The van der Waals surface area contributed by atoms with Crippen LogP contribution in [0.25, 0.3) is 0 Å². The summed E-state index contributed by atoms with van der Waals surface area (Å²) in [5.74, 6) is 5.12. The molecule has 0 N–H and O–H groups in total. The average molecular weight is 342 g/mol. The van der Waals surface area contributed by atoms with E-state index in [-0.39, 0.29) is 23.8 Å². The third-order valence-electron chi connectivity index (χ3n) is 9.00. The van der Waals surface area contributed by atoms with Crippen LogP contribution in [-0.2, 0) is 14.3 Å². The van der Waals surface area contributed by atoms with Crippen LogP contribution in [0, 0.1) is 41.4 Å². The molecule has 5 aliphatic carbocycles. The van der Waals surface area contributed by atoms with Crippen molar-refractivity contribution < 1.29 is 14.3 Å². The molecule has 1 saturated heterocycles. The fourth-order valence-electron chi connectivity index (χ4n) is 7.91. The number of fused-ring (bicyclic) bond motifs is 7. The van der Waals surface area contributed by atoms with Gasteiger partial charge in [-0.2, -0.15) is 0 Å². The van der Waals surface area contributed by atoms with Gasteiger partial charge >= 0.3 is 5.97 Å². The van der Waals surface area contributed by atoms with E-state index in [4.69, 9.17) is 9.47 Å². The fourth-order valence-corrected chi connectivity index (χ4v) is 7.91. The Balaban J connectivity index is 1.15. The highest BCUT2D eigenvalue weighted by Gasteiger charge is 2.64. The number of ether oxygens (including phenoxy) is 2. The number of carbonyl (C=O) groups excluding carboxylic acids is 1. The van der Waals surface area contributed by atoms with Crippen molar-refractivity contribution in [2.75, 3.05) is 0 Å². The van der Waals surface area contributed by atoms with E-state index in [9.17, 15) is 4.79 Å². The zero-order chi connectivity index (χ0) is 16.8. The lowest BCUT2D eigenvalue weighted by Crippen LogP contribution is -2.45. The Morgan fingerprint density at radius 2 is 2.04 bits per heavy atom. The largest absolute Gasteiger partial charge is 0.457 e. The molecule has 25 heavy (non-hydrogen) atoms. The summed E-state index contributed by atoms with van der Waals surface area (Å²) >= 11 is 0. The van der Waals surface area contributed by atoms with Gasteiger partial charge in [0.15, 0.2) is 6.10 Å². The van der Waals surface area contributed by atoms with Crippen molar-refractivity contribution in [2.24, 2.45) is 41.4 Å². The monoisotopic (exact) mass is 342 g/mol. The lowest BCUT2D eigenvalue weighted by atomic mass is 9.71. The molecule has 10 atom stereocenters.